The standard InChI is InChI=1S/C21H24O4/c1-4-24-19(22)21(20(23)25-5-2)12-8-10-16-13-15-9-6-7-11-17(15)14(3)18(16)21/h6-7,9,11,13,18H,3-5,8,10,12H2,1-2H3. The zero-order chi connectivity index (χ0) is 18.0. The summed E-state index contributed by atoms with van der Waals surface area (Å²) in [7, 11) is 0. The molecule has 132 valence electrons. The van der Waals surface area contributed by atoms with Crippen molar-refractivity contribution in [2.75, 3.05) is 13.2 Å². The molecule has 0 bridgehead atoms. The predicted octanol–water partition coefficient (Wildman–Crippen LogP) is 4.01. The van der Waals surface area contributed by atoms with Gasteiger partial charge in [0.05, 0.1) is 13.2 Å². The van der Waals surface area contributed by atoms with E-state index in [0.717, 1.165) is 35.1 Å². The van der Waals surface area contributed by atoms with Gasteiger partial charge < -0.3 is 9.47 Å². The Morgan fingerprint density at radius 3 is 2.44 bits per heavy atom. The topological polar surface area (TPSA) is 52.6 Å². The average molecular weight is 340 g/mol. The Bertz CT molecular complexity index is 726. The van der Waals surface area contributed by atoms with Crippen LogP contribution in [0.25, 0.3) is 11.6 Å². The second kappa shape index (κ2) is 6.87. The molecule has 2 aliphatic rings. The van der Waals surface area contributed by atoms with E-state index < -0.39 is 23.3 Å². The summed E-state index contributed by atoms with van der Waals surface area (Å²) in [6.07, 6.45) is 4.11. The molecule has 1 aromatic rings. The van der Waals surface area contributed by atoms with Crippen molar-refractivity contribution >= 4 is 23.6 Å². The van der Waals surface area contributed by atoms with Crippen LogP contribution in [0.3, 0.4) is 0 Å². The van der Waals surface area contributed by atoms with Crippen molar-refractivity contribution in [1.82, 2.24) is 0 Å². The van der Waals surface area contributed by atoms with Gasteiger partial charge in [-0.15, -0.1) is 0 Å². The first-order chi connectivity index (χ1) is 12.1. The average Bonchev–Trinajstić information content (AvgIpc) is 2.61. The Labute approximate surface area is 148 Å². The summed E-state index contributed by atoms with van der Waals surface area (Å²) in [6.45, 7) is 8.23. The zero-order valence-corrected chi connectivity index (χ0v) is 14.8. The van der Waals surface area contributed by atoms with Crippen molar-refractivity contribution in [2.45, 2.75) is 33.1 Å². The van der Waals surface area contributed by atoms with Crippen LogP contribution in [-0.2, 0) is 19.1 Å². The SMILES string of the molecule is C=C1c2ccccc2C=C2CCCC(C(=O)OCC)(C(=O)OCC)C12. The summed E-state index contributed by atoms with van der Waals surface area (Å²) in [6, 6.07) is 7.95. The highest BCUT2D eigenvalue weighted by Crippen LogP contribution is 2.54. The second-order valence-corrected chi connectivity index (χ2v) is 6.53. The first-order valence-corrected chi connectivity index (χ1v) is 8.89. The molecule has 0 amide bonds. The molecule has 0 saturated heterocycles. The molecule has 0 radical (unpaired) electrons. The molecule has 4 nitrogen and oxygen atoms in total. The van der Waals surface area contributed by atoms with Crippen molar-refractivity contribution in [3.63, 3.8) is 0 Å². The van der Waals surface area contributed by atoms with Crippen LogP contribution >= 0.6 is 0 Å². The maximum atomic E-state index is 13.0. The summed E-state index contributed by atoms with van der Waals surface area (Å²) in [4.78, 5) is 25.9. The largest absolute Gasteiger partial charge is 0.465 e. The number of hydrogen-bond donors (Lipinski definition) is 0. The second-order valence-electron chi connectivity index (χ2n) is 6.53. The molecule has 25 heavy (non-hydrogen) atoms. The van der Waals surface area contributed by atoms with Gasteiger partial charge in [0.25, 0.3) is 0 Å². The zero-order valence-electron chi connectivity index (χ0n) is 14.8. The van der Waals surface area contributed by atoms with Crippen molar-refractivity contribution < 1.29 is 19.1 Å². The van der Waals surface area contributed by atoms with Gasteiger partial charge in [-0.2, -0.15) is 0 Å². The van der Waals surface area contributed by atoms with Crippen molar-refractivity contribution in [3.8, 4) is 0 Å². The molecular weight excluding hydrogens is 316 g/mol. The van der Waals surface area contributed by atoms with E-state index in [9.17, 15) is 9.59 Å². The summed E-state index contributed by atoms with van der Waals surface area (Å²) in [5, 5.41) is 0. The van der Waals surface area contributed by atoms with Gasteiger partial charge in [-0.1, -0.05) is 42.5 Å². The predicted molar refractivity (Wildman–Crippen MR) is 96.5 cm³/mol. The van der Waals surface area contributed by atoms with Crippen LogP contribution < -0.4 is 0 Å². The Hall–Kier alpha value is -2.36. The van der Waals surface area contributed by atoms with E-state index in [0.29, 0.717) is 6.42 Å². The third kappa shape index (κ3) is 2.70. The number of fused-ring (bicyclic) bond motifs is 2. The molecule has 0 aromatic heterocycles. The number of hydrogen-bond acceptors (Lipinski definition) is 4. The van der Waals surface area contributed by atoms with E-state index in [1.807, 2.05) is 24.3 Å². The highest BCUT2D eigenvalue weighted by atomic mass is 16.6. The van der Waals surface area contributed by atoms with E-state index >= 15 is 0 Å². The number of benzene rings is 1. The maximum Gasteiger partial charge on any atom is 0.324 e. The van der Waals surface area contributed by atoms with E-state index in [4.69, 9.17) is 9.47 Å². The molecule has 1 unspecified atom stereocenters. The first-order valence-electron chi connectivity index (χ1n) is 8.89. The van der Waals surface area contributed by atoms with Gasteiger partial charge in [-0.05, 0) is 49.8 Å². The lowest BCUT2D eigenvalue weighted by Gasteiger charge is -2.44. The van der Waals surface area contributed by atoms with Crippen LogP contribution in [0.15, 0.2) is 36.4 Å². The fourth-order valence-corrected chi connectivity index (χ4v) is 4.17. The molecule has 1 saturated carbocycles. The summed E-state index contributed by atoms with van der Waals surface area (Å²) in [5.74, 6) is -1.39. The third-order valence-electron chi connectivity index (χ3n) is 5.18. The minimum absolute atomic E-state index is 0.231. The molecule has 0 N–H and O–H groups in total. The lowest BCUT2D eigenvalue weighted by atomic mass is 9.58. The van der Waals surface area contributed by atoms with Gasteiger partial charge in [0, 0.05) is 5.92 Å². The van der Waals surface area contributed by atoms with Crippen LogP contribution in [-0.4, -0.2) is 25.2 Å². The van der Waals surface area contributed by atoms with Gasteiger partial charge in [-0.25, -0.2) is 0 Å². The summed E-state index contributed by atoms with van der Waals surface area (Å²) < 4.78 is 10.7. The molecular formula is C21H24O4. The smallest absolute Gasteiger partial charge is 0.324 e. The third-order valence-corrected chi connectivity index (χ3v) is 5.18. The fraction of sp³-hybridized carbons (Fsp3) is 0.429. The van der Waals surface area contributed by atoms with Gasteiger partial charge in [0.15, 0.2) is 5.41 Å². The molecule has 2 aliphatic carbocycles. The van der Waals surface area contributed by atoms with Crippen LogP contribution in [0.1, 0.15) is 44.2 Å². The van der Waals surface area contributed by atoms with Gasteiger partial charge in [0.1, 0.15) is 0 Å². The lowest BCUT2D eigenvalue weighted by molar-refractivity contribution is -0.176. The number of rotatable bonds is 4. The number of carbonyl (C=O) groups excluding carboxylic acids is 2. The first kappa shape index (κ1) is 17.5. The number of allylic oxidation sites excluding steroid dienone is 2. The van der Waals surface area contributed by atoms with E-state index in [2.05, 4.69) is 12.7 Å². The van der Waals surface area contributed by atoms with Crippen LogP contribution in [0.5, 0.6) is 0 Å². The number of carbonyl (C=O) groups is 2. The Kier molecular flexibility index (Phi) is 4.80. The highest BCUT2D eigenvalue weighted by Gasteiger charge is 2.58. The molecule has 1 fully saturated rings. The van der Waals surface area contributed by atoms with Crippen LogP contribution in [0, 0.1) is 11.3 Å². The maximum absolute atomic E-state index is 13.0. The molecule has 3 rings (SSSR count). The Balaban J connectivity index is 2.15. The van der Waals surface area contributed by atoms with Gasteiger partial charge in [-0.3, -0.25) is 9.59 Å². The van der Waals surface area contributed by atoms with Crippen LogP contribution in [0.4, 0.5) is 0 Å². The lowest BCUT2D eigenvalue weighted by Crippen LogP contribution is -2.51. The minimum atomic E-state index is -1.33. The minimum Gasteiger partial charge on any atom is -0.465 e. The fourth-order valence-electron chi connectivity index (χ4n) is 4.17. The molecule has 1 aromatic carbocycles. The number of ether oxygens (including phenoxy) is 2. The quantitative estimate of drug-likeness (QED) is 0.614. The van der Waals surface area contributed by atoms with E-state index in [1.54, 1.807) is 13.8 Å². The van der Waals surface area contributed by atoms with Gasteiger partial charge in [0.2, 0.25) is 0 Å². The monoisotopic (exact) mass is 340 g/mol. The van der Waals surface area contributed by atoms with E-state index in [1.165, 1.54) is 0 Å². The Morgan fingerprint density at radius 1 is 1.16 bits per heavy atom. The molecule has 4 heteroatoms. The Morgan fingerprint density at radius 2 is 1.80 bits per heavy atom. The van der Waals surface area contributed by atoms with Crippen LogP contribution in [0.2, 0.25) is 0 Å². The van der Waals surface area contributed by atoms with Crippen molar-refractivity contribution in [3.05, 3.63) is 47.5 Å². The molecule has 0 spiro atoms. The normalized spacial score (nSPS) is 20.8. The molecule has 0 aliphatic heterocycles. The molecule has 0 heterocycles. The van der Waals surface area contributed by atoms with Crippen molar-refractivity contribution in [1.29, 1.82) is 0 Å². The van der Waals surface area contributed by atoms with Gasteiger partial charge >= 0.3 is 11.9 Å². The highest BCUT2D eigenvalue weighted by molar-refractivity contribution is 6.04. The van der Waals surface area contributed by atoms with E-state index in [-0.39, 0.29) is 13.2 Å². The van der Waals surface area contributed by atoms with Crippen molar-refractivity contribution in [2.24, 2.45) is 11.3 Å². The molecule has 1 atom stereocenters. The summed E-state index contributed by atoms with van der Waals surface area (Å²) in [5.41, 5.74) is 2.60. The number of esters is 2. The summed E-state index contributed by atoms with van der Waals surface area (Å²) >= 11 is 0.